The number of hydrogen-bond donors (Lipinski definition) is 0. The maximum atomic E-state index is 13.9. The van der Waals surface area contributed by atoms with Crippen LogP contribution in [-0.4, -0.2) is 29.2 Å². The molecule has 0 saturated heterocycles. The van der Waals surface area contributed by atoms with Gasteiger partial charge in [0.15, 0.2) is 0 Å². The molecule has 4 aromatic rings. The highest BCUT2D eigenvalue weighted by Gasteiger charge is 2.41. The number of carbonyl (C=O) groups is 3. The lowest BCUT2D eigenvalue weighted by Gasteiger charge is -2.15. The Morgan fingerprint density at radius 1 is 0.872 bits per heavy atom. The van der Waals surface area contributed by atoms with E-state index in [2.05, 4.69) is 0 Å². The van der Waals surface area contributed by atoms with Gasteiger partial charge < -0.3 is 13.9 Å². The quantitative estimate of drug-likeness (QED) is 0.190. The maximum Gasteiger partial charge on any atom is 0.453 e. The van der Waals surface area contributed by atoms with Crippen LogP contribution in [0.5, 0.6) is 17.2 Å². The van der Waals surface area contributed by atoms with Gasteiger partial charge in [0, 0.05) is 6.07 Å². The van der Waals surface area contributed by atoms with Crippen molar-refractivity contribution >= 4 is 28.8 Å². The molecular weight excluding hydrogens is 519 g/mol. The SMILES string of the molecule is Cc1cc(C)cc(Oc2c(C(F)(F)F)oc3cc(OC(=O)CN4C(=O)c5ccccc5C4=O)ccc3c2=O)c1. The van der Waals surface area contributed by atoms with Gasteiger partial charge in [0.25, 0.3) is 17.6 Å². The Bertz CT molecular complexity index is 1680. The summed E-state index contributed by atoms with van der Waals surface area (Å²) < 4.78 is 57.2. The van der Waals surface area contributed by atoms with Gasteiger partial charge in [-0.2, -0.15) is 13.2 Å². The van der Waals surface area contributed by atoms with Crippen LogP contribution in [0.15, 0.2) is 69.9 Å². The van der Waals surface area contributed by atoms with E-state index in [4.69, 9.17) is 13.9 Å². The summed E-state index contributed by atoms with van der Waals surface area (Å²) >= 11 is 0. The van der Waals surface area contributed by atoms with Crippen LogP contribution in [0, 0.1) is 13.8 Å². The van der Waals surface area contributed by atoms with Gasteiger partial charge in [-0.05, 0) is 61.4 Å². The van der Waals surface area contributed by atoms with Gasteiger partial charge in [0.05, 0.1) is 16.5 Å². The molecule has 11 heteroatoms. The largest absolute Gasteiger partial charge is 0.453 e. The van der Waals surface area contributed by atoms with Gasteiger partial charge in [-0.3, -0.25) is 19.3 Å². The van der Waals surface area contributed by atoms with E-state index >= 15 is 0 Å². The van der Waals surface area contributed by atoms with Crippen molar-refractivity contribution in [3.63, 3.8) is 0 Å². The molecular formula is C28H18F3NO7. The number of benzene rings is 3. The molecule has 2 amide bonds. The predicted octanol–water partition coefficient (Wildman–Crippen LogP) is 5.42. The standard InChI is InChI=1S/C28H18F3NO7/c1-14-9-15(2)11-17(10-14)38-24-23(34)20-8-7-16(12-21(20)39-25(24)28(29,30)31)37-22(33)13-32-26(35)18-5-3-4-6-19(18)27(32)36/h3-12H,13H2,1-2H3. The van der Waals surface area contributed by atoms with Gasteiger partial charge >= 0.3 is 12.1 Å². The molecule has 8 nitrogen and oxygen atoms in total. The predicted molar refractivity (Wildman–Crippen MR) is 131 cm³/mol. The summed E-state index contributed by atoms with van der Waals surface area (Å²) in [5.74, 6) is -5.31. The number of halogens is 3. The van der Waals surface area contributed by atoms with Crippen LogP contribution in [0.1, 0.15) is 37.6 Å². The monoisotopic (exact) mass is 537 g/mol. The molecule has 1 aromatic heterocycles. The molecule has 0 N–H and O–H groups in total. The summed E-state index contributed by atoms with van der Waals surface area (Å²) in [5, 5.41) is -0.248. The molecule has 3 aromatic carbocycles. The van der Waals surface area contributed by atoms with Gasteiger partial charge in [0.1, 0.15) is 23.6 Å². The minimum absolute atomic E-state index is 0.0309. The number of ether oxygens (including phenoxy) is 2. The van der Waals surface area contributed by atoms with E-state index in [9.17, 15) is 32.3 Å². The van der Waals surface area contributed by atoms with Gasteiger partial charge in [-0.25, -0.2) is 4.79 Å². The number of hydrogen-bond acceptors (Lipinski definition) is 7. The summed E-state index contributed by atoms with van der Waals surface area (Å²) in [6.45, 7) is 2.72. The summed E-state index contributed by atoms with van der Waals surface area (Å²) in [7, 11) is 0. The molecule has 198 valence electrons. The zero-order valence-electron chi connectivity index (χ0n) is 20.4. The summed E-state index contributed by atoms with van der Waals surface area (Å²) in [6, 6.07) is 14.0. The number of alkyl halides is 3. The van der Waals surface area contributed by atoms with Gasteiger partial charge in [-0.15, -0.1) is 0 Å². The first-order valence-corrected chi connectivity index (χ1v) is 11.5. The molecule has 39 heavy (non-hydrogen) atoms. The molecule has 0 spiro atoms. The molecule has 1 aliphatic rings. The van der Waals surface area contributed by atoms with Crippen molar-refractivity contribution in [2.24, 2.45) is 0 Å². The van der Waals surface area contributed by atoms with Crippen molar-refractivity contribution in [3.05, 3.63) is 98.9 Å². The van der Waals surface area contributed by atoms with Crippen LogP contribution in [0.25, 0.3) is 11.0 Å². The van der Waals surface area contributed by atoms with Crippen LogP contribution < -0.4 is 14.9 Å². The van der Waals surface area contributed by atoms with E-state index in [0.29, 0.717) is 4.90 Å². The van der Waals surface area contributed by atoms with Crippen LogP contribution in [0.4, 0.5) is 13.2 Å². The zero-order valence-corrected chi connectivity index (χ0v) is 20.4. The summed E-state index contributed by atoms with van der Waals surface area (Å²) in [5.41, 5.74) is 0.133. The Labute approximate surface area is 218 Å². The van der Waals surface area contributed by atoms with Crippen LogP contribution in [0.2, 0.25) is 0 Å². The van der Waals surface area contributed by atoms with Crippen LogP contribution >= 0.6 is 0 Å². The van der Waals surface area contributed by atoms with E-state index in [1.807, 2.05) is 0 Å². The molecule has 5 rings (SSSR count). The Balaban J connectivity index is 1.44. The van der Waals surface area contributed by atoms with Crippen molar-refractivity contribution in [1.29, 1.82) is 0 Å². The van der Waals surface area contributed by atoms with E-state index in [0.717, 1.165) is 23.3 Å². The van der Waals surface area contributed by atoms with Crippen LogP contribution in [0.3, 0.4) is 0 Å². The average molecular weight is 537 g/mol. The first-order valence-electron chi connectivity index (χ1n) is 11.5. The molecule has 0 aliphatic carbocycles. The average Bonchev–Trinajstić information content (AvgIpc) is 3.09. The second kappa shape index (κ2) is 9.43. The highest BCUT2D eigenvalue weighted by atomic mass is 19.4. The number of rotatable bonds is 5. The second-order valence-electron chi connectivity index (χ2n) is 8.89. The second-order valence-corrected chi connectivity index (χ2v) is 8.89. The lowest BCUT2D eigenvalue weighted by molar-refractivity contribution is -0.154. The van der Waals surface area contributed by atoms with E-state index in [-0.39, 0.29) is 28.0 Å². The van der Waals surface area contributed by atoms with Crippen molar-refractivity contribution in [2.45, 2.75) is 20.0 Å². The summed E-state index contributed by atoms with van der Waals surface area (Å²) in [6.07, 6.45) is -5.08. The summed E-state index contributed by atoms with van der Waals surface area (Å²) in [4.78, 5) is 51.2. The third-order valence-corrected chi connectivity index (χ3v) is 5.89. The first kappa shape index (κ1) is 25.7. The Morgan fingerprint density at radius 2 is 1.49 bits per heavy atom. The number of fused-ring (bicyclic) bond motifs is 2. The fraction of sp³-hybridized carbons (Fsp3) is 0.143. The smallest absolute Gasteiger partial charge is 0.449 e. The number of amides is 2. The van der Waals surface area contributed by atoms with E-state index < -0.39 is 53.0 Å². The highest BCUT2D eigenvalue weighted by Crippen LogP contribution is 2.39. The number of imide groups is 1. The van der Waals surface area contributed by atoms with E-state index in [1.165, 1.54) is 30.3 Å². The third kappa shape index (κ3) is 4.86. The van der Waals surface area contributed by atoms with Crippen molar-refractivity contribution in [1.82, 2.24) is 4.90 Å². The van der Waals surface area contributed by atoms with Crippen molar-refractivity contribution in [2.75, 3.05) is 6.54 Å². The van der Waals surface area contributed by atoms with Gasteiger partial charge in [-0.1, -0.05) is 18.2 Å². The maximum absolute atomic E-state index is 13.9. The van der Waals surface area contributed by atoms with Crippen molar-refractivity contribution in [3.8, 4) is 17.2 Å². The fourth-order valence-electron chi connectivity index (χ4n) is 4.28. The fourth-order valence-corrected chi connectivity index (χ4v) is 4.28. The molecule has 0 fully saturated rings. The Hall–Kier alpha value is -4.93. The highest BCUT2D eigenvalue weighted by molar-refractivity contribution is 6.22. The minimum atomic E-state index is -5.08. The lowest BCUT2D eigenvalue weighted by atomic mass is 10.1. The molecule has 0 saturated carbocycles. The number of carbonyl (C=O) groups excluding carboxylic acids is 3. The molecule has 0 atom stereocenters. The first-order chi connectivity index (χ1) is 18.4. The normalized spacial score (nSPS) is 13.1. The number of esters is 1. The molecule has 0 radical (unpaired) electrons. The molecule has 0 unspecified atom stereocenters. The molecule has 0 bridgehead atoms. The topological polar surface area (TPSA) is 103 Å². The van der Waals surface area contributed by atoms with Crippen LogP contribution in [-0.2, 0) is 11.0 Å². The minimum Gasteiger partial charge on any atom is -0.449 e. The van der Waals surface area contributed by atoms with Gasteiger partial charge in [0.2, 0.25) is 11.2 Å². The number of aryl methyl sites for hydroxylation is 2. The Morgan fingerprint density at radius 3 is 2.08 bits per heavy atom. The Kier molecular flexibility index (Phi) is 6.21. The number of nitrogens with zero attached hydrogens (tertiary/aromatic N) is 1. The zero-order chi connectivity index (χ0) is 28.1. The van der Waals surface area contributed by atoms with E-state index in [1.54, 1.807) is 32.0 Å². The lowest BCUT2D eigenvalue weighted by Crippen LogP contribution is -2.36. The van der Waals surface area contributed by atoms with Crippen molar-refractivity contribution < 1.29 is 41.4 Å². The third-order valence-electron chi connectivity index (χ3n) is 5.89. The molecule has 1 aliphatic heterocycles. The molecule has 2 heterocycles.